The maximum atomic E-state index is 10.1. The largest absolute Gasteiger partial charge is 0.391 e. The lowest BCUT2D eigenvalue weighted by molar-refractivity contribution is 0.106. The molecule has 0 radical (unpaired) electrons. The van der Waals surface area contributed by atoms with Crippen LogP contribution in [0.25, 0.3) is 0 Å². The number of likely N-dealkylation sites (N-methyl/N-ethyl adjacent to an activating group) is 1. The van der Waals surface area contributed by atoms with Crippen LogP contribution in [0.2, 0.25) is 0 Å². The summed E-state index contributed by atoms with van der Waals surface area (Å²) in [4.78, 5) is 10.6. The van der Waals surface area contributed by atoms with E-state index in [1.54, 1.807) is 6.33 Å². The van der Waals surface area contributed by atoms with E-state index in [1.807, 2.05) is 13.1 Å². The van der Waals surface area contributed by atoms with Crippen molar-refractivity contribution in [2.45, 2.75) is 51.2 Å². The van der Waals surface area contributed by atoms with Gasteiger partial charge in [0, 0.05) is 19.7 Å². The molecule has 0 aromatic carbocycles. The van der Waals surface area contributed by atoms with Gasteiger partial charge in [-0.3, -0.25) is 0 Å². The fourth-order valence-electron chi connectivity index (χ4n) is 2.60. The van der Waals surface area contributed by atoms with E-state index in [1.165, 1.54) is 6.42 Å². The van der Waals surface area contributed by atoms with Crippen LogP contribution < -0.4 is 10.2 Å². The number of hydrogen-bond donors (Lipinski definition) is 2. The van der Waals surface area contributed by atoms with Crippen molar-refractivity contribution in [2.75, 3.05) is 23.8 Å². The van der Waals surface area contributed by atoms with Crippen LogP contribution in [0.5, 0.6) is 0 Å². The van der Waals surface area contributed by atoms with Gasteiger partial charge in [-0.25, -0.2) is 9.97 Å². The van der Waals surface area contributed by atoms with Gasteiger partial charge < -0.3 is 15.3 Å². The highest BCUT2D eigenvalue weighted by atomic mass is 16.3. The fraction of sp³-hybridized carbons (Fsp3) is 0.714. The lowest BCUT2D eigenvalue weighted by Crippen LogP contribution is -2.43. The number of nitrogens with zero attached hydrogens (tertiary/aromatic N) is 3. The predicted molar refractivity (Wildman–Crippen MR) is 77.5 cm³/mol. The molecule has 1 aliphatic carbocycles. The Hall–Kier alpha value is -1.36. The van der Waals surface area contributed by atoms with Crippen LogP contribution in [-0.2, 0) is 0 Å². The fourth-order valence-corrected chi connectivity index (χ4v) is 2.60. The van der Waals surface area contributed by atoms with E-state index in [-0.39, 0.29) is 12.1 Å². The molecule has 0 saturated heterocycles. The van der Waals surface area contributed by atoms with E-state index in [0.29, 0.717) is 0 Å². The lowest BCUT2D eigenvalue weighted by Gasteiger charge is -2.35. The Labute approximate surface area is 115 Å². The van der Waals surface area contributed by atoms with Gasteiger partial charge in [-0.15, -0.1) is 0 Å². The number of aliphatic hydroxyl groups excluding tert-OH is 1. The zero-order valence-electron chi connectivity index (χ0n) is 11.8. The first-order chi connectivity index (χ1) is 9.22. The Morgan fingerprint density at radius 2 is 2.16 bits per heavy atom. The van der Waals surface area contributed by atoms with Crippen molar-refractivity contribution in [3.63, 3.8) is 0 Å². The molecule has 1 saturated carbocycles. The maximum Gasteiger partial charge on any atom is 0.134 e. The minimum absolute atomic E-state index is 0.169. The second kappa shape index (κ2) is 6.70. The van der Waals surface area contributed by atoms with Gasteiger partial charge in [0.15, 0.2) is 0 Å². The summed E-state index contributed by atoms with van der Waals surface area (Å²) in [5, 5.41) is 13.4. The van der Waals surface area contributed by atoms with Gasteiger partial charge in [-0.05, 0) is 19.3 Å². The third-order valence-corrected chi connectivity index (χ3v) is 3.76. The zero-order chi connectivity index (χ0) is 13.7. The van der Waals surface area contributed by atoms with E-state index in [4.69, 9.17) is 0 Å². The molecule has 5 nitrogen and oxygen atoms in total. The molecule has 0 amide bonds. The third kappa shape index (κ3) is 3.56. The molecule has 2 rings (SSSR count). The highest BCUT2D eigenvalue weighted by Gasteiger charge is 2.27. The number of nitrogens with one attached hydrogen (secondary N) is 1. The monoisotopic (exact) mass is 264 g/mol. The van der Waals surface area contributed by atoms with Gasteiger partial charge >= 0.3 is 0 Å². The van der Waals surface area contributed by atoms with Crippen LogP contribution in [0.1, 0.15) is 39.0 Å². The summed E-state index contributed by atoms with van der Waals surface area (Å²) in [7, 11) is 2.01. The molecule has 1 aromatic heterocycles. The quantitative estimate of drug-likeness (QED) is 0.852. The van der Waals surface area contributed by atoms with Gasteiger partial charge in [0.05, 0.1) is 12.1 Å². The Morgan fingerprint density at radius 3 is 2.89 bits per heavy atom. The highest BCUT2D eigenvalue weighted by molar-refractivity contribution is 5.48. The molecule has 106 valence electrons. The average molecular weight is 264 g/mol. The molecular weight excluding hydrogens is 240 g/mol. The summed E-state index contributed by atoms with van der Waals surface area (Å²) in [6.45, 7) is 3.03. The number of aromatic nitrogens is 2. The number of hydrogen-bond acceptors (Lipinski definition) is 5. The first-order valence-electron chi connectivity index (χ1n) is 7.19. The van der Waals surface area contributed by atoms with E-state index in [9.17, 15) is 5.11 Å². The van der Waals surface area contributed by atoms with Crippen molar-refractivity contribution in [3.8, 4) is 0 Å². The maximum absolute atomic E-state index is 10.1. The van der Waals surface area contributed by atoms with Crippen molar-refractivity contribution in [3.05, 3.63) is 12.4 Å². The van der Waals surface area contributed by atoms with Gasteiger partial charge in [0.25, 0.3) is 0 Å². The molecular formula is C14H24N4O. The standard InChI is InChI=1S/C14H24N4O/c1-3-8-15-13-9-14(17-10-16-13)18(2)11-6-4-5-7-12(11)19/h9-12,19H,3-8H2,1-2H3,(H,15,16,17). The van der Waals surface area contributed by atoms with Crippen molar-refractivity contribution in [1.29, 1.82) is 0 Å². The molecule has 0 spiro atoms. The molecule has 2 unspecified atom stereocenters. The van der Waals surface area contributed by atoms with Crippen LogP contribution in [0.3, 0.4) is 0 Å². The Morgan fingerprint density at radius 1 is 1.37 bits per heavy atom. The average Bonchev–Trinajstić information content (AvgIpc) is 2.45. The summed E-state index contributed by atoms with van der Waals surface area (Å²) in [5.41, 5.74) is 0. The SMILES string of the molecule is CCCNc1cc(N(C)C2CCCCC2O)ncn1. The third-order valence-electron chi connectivity index (χ3n) is 3.76. The predicted octanol–water partition coefficient (Wildman–Crippen LogP) is 2.04. The molecule has 2 N–H and O–H groups in total. The smallest absolute Gasteiger partial charge is 0.134 e. The first-order valence-corrected chi connectivity index (χ1v) is 7.19. The molecule has 1 aliphatic rings. The number of aliphatic hydroxyl groups is 1. The van der Waals surface area contributed by atoms with Crippen LogP contribution >= 0.6 is 0 Å². The zero-order valence-corrected chi connectivity index (χ0v) is 11.8. The second-order valence-electron chi connectivity index (χ2n) is 5.22. The highest BCUT2D eigenvalue weighted by Crippen LogP contribution is 2.26. The Balaban J connectivity index is 2.07. The van der Waals surface area contributed by atoms with E-state index in [0.717, 1.165) is 43.9 Å². The summed E-state index contributed by atoms with van der Waals surface area (Å²) in [6, 6.07) is 2.12. The minimum atomic E-state index is -0.249. The molecule has 19 heavy (non-hydrogen) atoms. The van der Waals surface area contributed by atoms with Crippen molar-refractivity contribution in [1.82, 2.24) is 9.97 Å². The molecule has 1 aromatic rings. The normalized spacial score (nSPS) is 23.1. The van der Waals surface area contributed by atoms with Gasteiger partial charge in [-0.2, -0.15) is 0 Å². The topological polar surface area (TPSA) is 61.3 Å². The molecule has 0 aliphatic heterocycles. The van der Waals surface area contributed by atoms with Gasteiger partial charge in [0.2, 0.25) is 0 Å². The Kier molecular flexibility index (Phi) is 4.96. The van der Waals surface area contributed by atoms with Crippen LogP contribution in [0, 0.1) is 0 Å². The van der Waals surface area contributed by atoms with E-state index >= 15 is 0 Å². The van der Waals surface area contributed by atoms with E-state index < -0.39 is 0 Å². The second-order valence-corrected chi connectivity index (χ2v) is 5.22. The van der Waals surface area contributed by atoms with Crippen molar-refractivity contribution < 1.29 is 5.11 Å². The lowest BCUT2D eigenvalue weighted by atomic mass is 9.91. The summed E-state index contributed by atoms with van der Waals surface area (Å²) < 4.78 is 0. The summed E-state index contributed by atoms with van der Waals surface area (Å²) in [5.74, 6) is 1.73. The molecule has 0 bridgehead atoms. The Bertz CT molecular complexity index is 399. The van der Waals surface area contributed by atoms with Crippen LogP contribution in [0.15, 0.2) is 12.4 Å². The molecule has 5 heteroatoms. The van der Waals surface area contributed by atoms with Crippen molar-refractivity contribution in [2.24, 2.45) is 0 Å². The van der Waals surface area contributed by atoms with Crippen molar-refractivity contribution >= 4 is 11.6 Å². The van der Waals surface area contributed by atoms with E-state index in [2.05, 4.69) is 27.1 Å². The summed E-state index contributed by atoms with van der Waals surface area (Å²) in [6.07, 6.45) is 6.62. The van der Waals surface area contributed by atoms with Crippen LogP contribution in [-0.4, -0.2) is 40.8 Å². The molecule has 2 atom stereocenters. The number of rotatable bonds is 5. The van der Waals surface area contributed by atoms with Gasteiger partial charge in [-0.1, -0.05) is 19.8 Å². The summed E-state index contributed by atoms with van der Waals surface area (Å²) >= 11 is 0. The molecule has 1 heterocycles. The van der Waals surface area contributed by atoms with Crippen LogP contribution in [0.4, 0.5) is 11.6 Å². The number of anilines is 2. The van der Waals surface area contributed by atoms with Gasteiger partial charge in [0.1, 0.15) is 18.0 Å². The first kappa shape index (κ1) is 14.1. The molecule has 1 fully saturated rings. The minimum Gasteiger partial charge on any atom is -0.391 e.